The van der Waals surface area contributed by atoms with Gasteiger partial charge in [-0.2, -0.15) is 0 Å². The molecule has 21 heavy (non-hydrogen) atoms. The van der Waals surface area contributed by atoms with E-state index in [4.69, 9.17) is 16.3 Å². The fourth-order valence-electron chi connectivity index (χ4n) is 3.00. The predicted molar refractivity (Wildman–Crippen MR) is 81.7 cm³/mol. The number of halogens is 1. The van der Waals surface area contributed by atoms with Gasteiger partial charge in [-0.1, -0.05) is 11.6 Å². The van der Waals surface area contributed by atoms with Gasteiger partial charge in [-0.15, -0.1) is 0 Å². The molecule has 0 saturated carbocycles. The Morgan fingerprint density at radius 1 is 1.38 bits per heavy atom. The zero-order valence-corrected chi connectivity index (χ0v) is 13.3. The summed E-state index contributed by atoms with van der Waals surface area (Å²) in [5.41, 5.74) is 0.616. The summed E-state index contributed by atoms with van der Waals surface area (Å²) in [6.45, 7) is 7.26. The molecule has 6 heteroatoms. The molecule has 114 valence electrons. The van der Waals surface area contributed by atoms with E-state index in [-0.39, 0.29) is 12.1 Å². The van der Waals surface area contributed by atoms with Crippen molar-refractivity contribution in [2.24, 2.45) is 0 Å². The zero-order chi connectivity index (χ0) is 15.2. The van der Waals surface area contributed by atoms with Crippen LogP contribution in [0.3, 0.4) is 0 Å². The van der Waals surface area contributed by atoms with Crippen molar-refractivity contribution < 1.29 is 9.53 Å². The summed E-state index contributed by atoms with van der Waals surface area (Å²) in [5, 5.41) is 0.498. The monoisotopic (exact) mass is 309 g/mol. The number of fused-ring (bicyclic) bond motifs is 1. The van der Waals surface area contributed by atoms with E-state index in [2.05, 4.69) is 9.88 Å². The van der Waals surface area contributed by atoms with E-state index in [0.717, 1.165) is 25.2 Å². The van der Waals surface area contributed by atoms with E-state index in [1.165, 1.54) is 0 Å². The first-order chi connectivity index (χ1) is 9.85. The van der Waals surface area contributed by atoms with Gasteiger partial charge in [0.2, 0.25) is 0 Å². The van der Waals surface area contributed by atoms with Gasteiger partial charge in [0.25, 0.3) is 0 Å². The number of anilines is 1. The van der Waals surface area contributed by atoms with Crippen molar-refractivity contribution in [1.82, 2.24) is 9.88 Å². The van der Waals surface area contributed by atoms with Crippen molar-refractivity contribution in [2.45, 2.75) is 44.9 Å². The van der Waals surface area contributed by atoms with Crippen molar-refractivity contribution in [1.29, 1.82) is 0 Å². The topological polar surface area (TPSA) is 45.7 Å². The van der Waals surface area contributed by atoms with Crippen LogP contribution in [-0.4, -0.2) is 46.8 Å². The Bertz CT molecular complexity index is 541. The number of pyridine rings is 1. The number of carbonyl (C=O) groups excluding carboxylic acids is 1. The molecule has 0 spiro atoms. The van der Waals surface area contributed by atoms with Crippen molar-refractivity contribution in [3.63, 3.8) is 0 Å². The summed E-state index contributed by atoms with van der Waals surface area (Å²) in [7, 11) is 0. The number of hydrogen-bond donors (Lipinski definition) is 0. The van der Waals surface area contributed by atoms with Gasteiger partial charge < -0.3 is 14.5 Å². The number of aromatic nitrogens is 1. The van der Waals surface area contributed by atoms with Crippen molar-refractivity contribution in [3.8, 4) is 0 Å². The molecule has 0 radical (unpaired) electrons. The molecule has 1 aromatic heterocycles. The summed E-state index contributed by atoms with van der Waals surface area (Å²) < 4.78 is 5.47. The number of carbonyl (C=O) groups is 1. The molecule has 3 heterocycles. The number of amides is 1. The van der Waals surface area contributed by atoms with E-state index in [1.807, 2.05) is 31.7 Å². The van der Waals surface area contributed by atoms with Gasteiger partial charge >= 0.3 is 6.09 Å². The first kappa shape index (κ1) is 14.4. The van der Waals surface area contributed by atoms with E-state index in [0.29, 0.717) is 11.2 Å². The Morgan fingerprint density at radius 3 is 2.76 bits per heavy atom. The molecule has 3 rings (SSSR count). The lowest BCUT2D eigenvalue weighted by Gasteiger charge is -2.48. The van der Waals surface area contributed by atoms with Gasteiger partial charge in [-0.05, 0) is 39.3 Å². The molecule has 2 aliphatic heterocycles. The van der Waals surface area contributed by atoms with Crippen LogP contribution in [0, 0.1) is 0 Å². The molecule has 5 nitrogen and oxygen atoms in total. The minimum absolute atomic E-state index is 0.205. The van der Waals surface area contributed by atoms with Gasteiger partial charge in [0.15, 0.2) is 0 Å². The number of ether oxygens (including phenoxy) is 1. The zero-order valence-electron chi connectivity index (χ0n) is 12.5. The van der Waals surface area contributed by atoms with E-state index in [1.54, 1.807) is 12.3 Å². The second kappa shape index (κ2) is 5.05. The van der Waals surface area contributed by atoms with E-state index in [9.17, 15) is 4.79 Å². The van der Waals surface area contributed by atoms with Crippen LogP contribution in [0.5, 0.6) is 0 Å². The molecule has 1 aromatic rings. The minimum Gasteiger partial charge on any atom is -0.444 e. The van der Waals surface area contributed by atoms with Gasteiger partial charge in [0, 0.05) is 13.1 Å². The maximum atomic E-state index is 12.2. The summed E-state index contributed by atoms with van der Waals surface area (Å²) >= 11 is 5.82. The normalized spacial score (nSPS) is 24.6. The Morgan fingerprint density at radius 2 is 2.14 bits per heavy atom. The average Bonchev–Trinajstić information content (AvgIpc) is 2.67. The quantitative estimate of drug-likeness (QED) is 0.748. The van der Waals surface area contributed by atoms with Crippen LogP contribution in [0.15, 0.2) is 18.3 Å². The molecule has 2 atom stereocenters. The lowest BCUT2D eigenvalue weighted by atomic mass is 9.96. The summed E-state index contributed by atoms with van der Waals surface area (Å²) in [4.78, 5) is 20.4. The van der Waals surface area contributed by atoms with Crippen molar-refractivity contribution >= 4 is 23.4 Å². The Hall–Kier alpha value is -1.49. The van der Waals surface area contributed by atoms with Crippen LogP contribution >= 0.6 is 11.6 Å². The van der Waals surface area contributed by atoms with E-state index < -0.39 is 5.60 Å². The van der Waals surface area contributed by atoms with E-state index >= 15 is 0 Å². The Balaban J connectivity index is 1.64. The first-order valence-electron chi connectivity index (χ1n) is 7.23. The second-order valence-electron chi connectivity index (χ2n) is 6.59. The highest BCUT2D eigenvalue weighted by Gasteiger charge is 2.49. The van der Waals surface area contributed by atoms with Crippen LogP contribution in [0.1, 0.15) is 27.2 Å². The fourth-order valence-corrected chi connectivity index (χ4v) is 3.11. The van der Waals surface area contributed by atoms with Crippen molar-refractivity contribution in [3.05, 3.63) is 23.5 Å². The summed E-state index contributed by atoms with van der Waals surface area (Å²) in [5.74, 6) is 0. The Kier molecular flexibility index (Phi) is 3.48. The number of hydrogen-bond acceptors (Lipinski definition) is 4. The molecule has 0 aliphatic carbocycles. The third-order valence-corrected chi connectivity index (χ3v) is 4.19. The van der Waals surface area contributed by atoms with Crippen LogP contribution < -0.4 is 4.90 Å². The van der Waals surface area contributed by atoms with Crippen molar-refractivity contribution in [2.75, 3.05) is 18.0 Å². The molecule has 2 aliphatic rings. The summed E-state index contributed by atoms with van der Waals surface area (Å²) in [6.07, 6.45) is 2.55. The van der Waals surface area contributed by atoms with Crippen LogP contribution in [0.25, 0.3) is 0 Å². The lowest BCUT2D eigenvalue weighted by molar-refractivity contribution is 0.0194. The third kappa shape index (κ3) is 2.79. The van der Waals surface area contributed by atoms with Crippen LogP contribution in [0.4, 0.5) is 10.5 Å². The average molecular weight is 310 g/mol. The maximum Gasteiger partial charge on any atom is 0.410 e. The molecular weight excluding hydrogens is 290 g/mol. The SMILES string of the molecule is CC(C)(C)OC(=O)N1CC[C@@H]2[C@H]1CN2c1ccc(Cl)nc1. The number of nitrogens with zero attached hydrogens (tertiary/aromatic N) is 3. The van der Waals surface area contributed by atoms with Crippen LogP contribution in [-0.2, 0) is 4.74 Å². The number of rotatable bonds is 1. The molecule has 1 amide bonds. The molecule has 0 bridgehead atoms. The molecule has 2 fully saturated rings. The summed E-state index contributed by atoms with van der Waals surface area (Å²) in [6, 6.07) is 4.38. The van der Waals surface area contributed by atoms with Gasteiger partial charge in [0.05, 0.1) is 24.0 Å². The Labute approximate surface area is 129 Å². The molecular formula is C15H20ClN3O2. The fraction of sp³-hybridized carbons (Fsp3) is 0.600. The highest BCUT2D eigenvalue weighted by Crippen LogP contribution is 2.37. The lowest BCUT2D eigenvalue weighted by Crippen LogP contribution is -2.63. The van der Waals surface area contributed by atoms with Gasteiger partial charge in [-0.25, -0.2) is 9.78 Å². The highest BCUT2D eigenvalue weighted by molar-refractivity contribution is 6.29. The molecule has 2 saturated heterocycles. The maximum absolute atomic E-state index is 12.2. The molecule has 0 N–H and O–H groups in total. The molecule has 0 unspecified atom stereocenters. The second-order valence-corrected chi connectivity index (χ2v) is 6.98. The smallest absolute Gasteiger partial charge is 0.410 e. The highest BCUT2D eigenvalue weighted by atomic mass is 35.5. The number of likely N-dealkylation sites (tertiary alicyclic amines) is 1. The van der Waals surface area contributed by atoms with Gasteiger partial charge in [-0.3, -0.25) is 0 Å². The largest absolute Gasteiger partial charge is 0.444 e. The first-order valence-corrected chi connectivity index (χ1v) is 7.61. The molecule has 0 aromatic carbocycles. The van der Waals surface area contributed by atoms with Gasteiger partial charge in [0.1, 0.15) is 10.8 Å². The standard InChI is InChI=1S/C15H20ClN3O2/c1-15(2,3)21-14(20)18-7-6-11-12(18)9-19(11)10-4-5-13(16)17-8-10/h4-5,8,11-12H,6-7,9H2,1-3H3/t11-,12-/m1/s1. The predicted octanol–water partition coefficient (Wildman–Crippen LogP) is 2.93. The minimum atomic E-state index is -0.446. The van der Waals surface area contributed by atoms with Crippen LogP contribution in [0.2, 0.25) is 5.15 Å². The third-order valence-electron chi connectivity index (χ3n) is 3.97.